The minimum atomic E-state index is -0.170. The molecule has 0 radical (unpaired) electrons. The fraction of sp³-hybridized carbons (Fsp3) is 0.368. The lowest BCUT2D eigenvalue weighted by Crippen LogP contribution is -2.37. The first-order valence-corrected chi connectivity index (χ1v) is 8.83. The van der Waals surface area contributed by atoms with E-state index in [9.17, 15) is 10.1 Å². The molecule has 0 aromatic carbocycles. The van der Waals surface area contributed by atoms with Gasteiger partial charge in [-0.05, 0) is 18.6 Å². The number of ether oxygens (including phenoxy) is 1. The first-order valence-electron chi connectivity index (χ1n) is 8.83. The lowest BCUT2D eigenvalue weighted by atomic mass is 10.1. The molecule has 2 aromatic rings. The summed E-state index contributed by atoms with van der Waals surface area (Å²) in [6.07, 6.45) is 6.01. The van der Waals surface area contributed by atoms with Crippen LogP contribution in [0.15, 0.2) is 24.5 Å². The monoisotopic (exact) mass is 375 g/mol. The van der Waals surface area contributed by atoms with Crippen LogP contribution in [0.3, 0.4) is 0 Å². The zero-order valence-electron chi connectivity index (χ0n) is 15.2. The van der Waals surface area contributed by atoms with Crippen molar-refractivity contribution in [1.29, 1.82) is 10.5 Å². The van der Waals surface area contributed by atoms with Crippen LogP contribution < -0.4 is 0 Å². The SMILES string of the molecule is COC[C@@H]1C[C@@H](N2Cc3cnc(-c4cc(C#N)ccn4)nc3C2=O)CN1C#N. The molecule has 2 aromatic heterocycles. The molecule has 9 nitrogen and oxygen atoms in total. The van der Waals surface area contributed by atoms with Gasteiger partial charge in [-0.1, -0.05) is 0 Å². The number of methoxy groups -OCH3 is 1. The van der Waals surface area contributed by atoms with Crippen LogP contribution in [-0.2, 0) is 11.3 Å². The van der Waals surface area contributed by atoms with Gasteiger partial charge in [-0.15, -0.1) is 0 Å². The van der Waals surface area contributed by atoms with Crippen molar-refractivity contribution in [3.05, 3.63) is 41.3 Å². The van der Waals surface area contributed by atoms with Gasteiger partial charge in [0.05, 0.1) is 36.9 Å². The fourth-order valence-electron chi connectivity index (χ4n) is 3.73. The van der Waals surface area contributed by atoms with E-state index in [1.807, 2.05) is 0 Å². The molecule has 0 N–H and O–H groups in total. The van der Waals surface area contributed by atoms with Gasteiger partial charge in [-0.2, -0.15) is 10.5 Å². The molecule has 1 fully saturated rings. The summed E-state index contributed by atoms with van der Waals surface area (Å²) in [6, 6.07) is 5.14. The molecule has 0 unspecified atom stereocenters. The fourth-order valence-corrected chi connectivity index (χ4v) is 3.73. The molecule has 28 heavy (non-hydrogen) atoms. The minimum Gasteiger partial charge on any atom is -0.383 e. The second kappa shape index (κ2) is 7.22. The van der Waals surface area contributed by atoms with E-state index < -0.39 is 0 Å². The van der Waals surface area contributed by atoms with Crippen LogP contribution in [0.2, 0.25) is 0 Å². The van der Waals surface area contributed by atoms with Crippen LogP contribution in [0.1, 0.15) is 28.0 Å². The van der Waals surface area contributed by atoms with Crippen LogP contribution in [0.25, 0.3) is 11.5 Å². The van der Waals surface area contributed by atoms with Crippen molar-refractivity contribution in [3.8, 4) is 23.8 Å². The molecule has 140 valence electrons. The zero-order chi connectivity index (χ0) is 19.7. The molecule has 0 spiro atoms. The number of hydrogen-bond acceptors (Lipinski definition) is 8. The number of pyridine rings is 1. The van der Waals surface area contributed by atoms with Crippen LogP contribution in [0.5, 0.6) is 0 Å². The Hall–Kier alpha value is -3.56. The summed E-state index contributed by atoms with van der Waals surface area (Å²) in [6.45, 7) is 1.35. The average molecular weight is 375 g/mol. The van der Waals surface area contributed by atoms with E-state index in [0.717, 1.165) is 5.56 Å². The Labute approximate surface area is 161 Å². The van der Waals surface area contributed by atoms with Gasteiger partial charge < -0.3 is 14.5 Å². The number of nitrogens with zero attached hydrogens (tertiary/aromatic N) is 7. The molecule has 9 heteroatoms. The number of fused-ring (bicyclic) bond motifs is 1. The first-order chi connectivity index (χ1) is 13.6. The van der Waals surface area contributed by atoms with E-state index in [1.165, 1.54) is 6.20 Å². The molecule has 4 rings (SSSR count). The summed E-state index contributed by atoms with van der Waals surface area (Å²) >= 11 is 0. The molecule has 2 aliphatic rings. The normalized spacial score (nSPS) is 20.8. The zero-order valence-corrected chi connectivity index (χ0v) is 15.2. The van der Waals surface area contributed by atoms with E-state index in [4.69, 9.17) is 10.00 Å². The molecule has 0 aliphatic carbocycles. The summed E-state index contributed by atoms with van der Waals surface area (Å²) in [4.78, 5) is 29.3. The van der Waals surface area contributed by atoms with Gasteiger partial charge in [0.2, 0.25) is 0 Å². The number of carbonyl (C=O) groups is 1. The summed E-state index contributed by atoms with van der Waals surface area (Å²) in [5.74, 6) is 0.143. The van der Waals surface area contributed by atoms with Gasteiger partial charge in [0.25, 0.3) is 5.91 Å². The maximum Gasteiger partial charge on any atom is 0.273 e. The molecule has 1 amide bonds. The van der Waals surface area contributed by atoms with Gasteiger partial charge in [0, 0.05) is 31.6 Å². The molecule has 4 heterocycles. The average Bonchev–Trinajstić information content (AvgIpc) is 3.28. The van der Waals surface area contributed by atoms with Gasteiger partial charge in [0.1, 0.15) is 11.4 Å². The molecule has 0 bridgehead atoms. The minimum absolute atomic E-state index is 0.0314. The maximum atomic E-state index is 13.0. The highest BCUT2D eigenvalue weighted by Gasteiger charge is 2.41. The topological polar surface area (TPSA) is 119 Å². The number of carbonyl (C=O) groups excluding carboxylic acids is 1. The largest absolute Gasteiger partial charge is 0.383 e. The third kappa shape index (κ3) is 3.02. The van der Waals surface area contributed by atoms with Crippen LogP contribution >= 0.6 is 0 Å². The quantitative estimate of drug-likeness (QED) is 0.724. The second-order valence-electron chi connectivity index (χ2n) is 6.79. The Morgan fingerprint density at radius 2 is 2.21 bits per heavy atom. The Kier molecular flexibility index (Phi) is 4.60. The molecule has 2 atom stereocenters. The summed E-state index contributed by atoms with van der Waals surface area (Å²) in [7, 11) is 1.60. The molecule has 2 aliphatic heterocycles. The maximum absolute atomic E-state index is 13.0. The molecular formula is C19H17N7O2. The number of amides is 1. The Morgan fingerprint density at radius 1 is 1.36 bits per heavy atom. The van der Waals surface area contributed by atoms with Crippen molar-refractivity contribution in [2.75, 3.05) is 20.3 Å². The van der Waals surface area contributed by atoms with Crippen LogP contribution in [0, 0.1) is 22.8 Å². The van der Waals surface area contributed by atoms with E-state index in [1.54, 1.807) is 35.2 Å². The van der Waals surface area contributed by atoms with E-state index >= 15 is 0 Å². The highest BCUT2D eigenvalue weighted by molar-refractivity contribution is 5.97. The second-order valence-corrected chi connectivity index (χ2v) is 6.79. The summed E-state index contributed by atoms with van der Waals surface area (Å²) in [5, 5.41) is 18.4. The van der Waals surface area contributed by atoms with E-state index in [0.29, 0.717) is 48.9 Å². The van der Waals surface area contributed by atoms with Crippen LogP contribution in [0.4, 0.5) is 0 Å². The van der Waals surface area contributed by atoms with Gasteiger partial charge >= 0.3 is 0 Å². The lowest BCUT2D eigenvalue weighted by Gasteiger charge is -2.22. The third-order valence-electron chi connectivity index (χ3n) is 5.11. The predicted molar refractivity (Wildman–Crippen MR) is 96.2 cm³/mol. The van der Waals surface area contributed by atoms with Gasteiger partial charge in [-0.3, -0.25) is 9.78 Å². The predicted octanol–water partition coefficient (Wildman–Crippen LogP) is 0.936. The molecular weight excluding hydrogens is 358 g/mol. The molecule has 1 saturated heterocycles. The Morgan fingerprint density at radius 3 is 2.96 bits per heavy atom. The van der Waals surface area contributed by atoms with Crippen molar-refractivity contribution in [3.63, 3.8) is 0 Å². The number of likely N-dealkylation sites (tertiary alicyclic amines) is 1. The van der Waals surface area contributed by atoms with Crippen molar-refractivity contribution in [2.45, 2.75) is 25.0 Å². The third-order valence-corrected chi connectivity index (χ3v) is 5.11. The van der Waals surface area contributed by atoms with E-state index in [2.05, 4.69) is 27.2 Å². The number of aromatic nitrogens is 3. The smallest absolute Gasteiger partial charge is 0.273 e. The number of hydrogen-bond donors (Lipinski definition) is 0. The summed E-state index contributed by atoms with van der Waals surface area (Å²) in [5.41, 5.74) is 2.01. The Balaban J connectivity index is 1.58. The number of rotatable bonds is 4. The first kappa shape index (κ1) is 17.8. The van der Waals surface area contributed by atoms with Crippen LogP contribution in [-0.4, -0.2) is 63.0 Å². The van der Waals surface area contributed by atoms with Crippen molar-refractivity contribution in [1.82, 2.24) is 24.8 Å². The highest BCUT2D eigenvalue weighted by atomic mass is 16.5. The van der Waals surface area contributed by atoms with Crippen molar-refractivity contribution in [2.24, 2.45) is 0 Å². The number of nitriles is 2. The lowest BCUT2D eigenvalue weighted by molar-refractivity contribution is 0.0705. The Bertz CT molecular complexity index is 1010. The summed E-state index contributed by atoms with van der Waals surface area (Å²) < 4.78 is 5.19. The highest BCUT2D eigenvalue weighted by Crippen LogP contribution is 2.30. The standard InChI is InChI=1S/C19H17N7O2/c1-28-10-15-5-14(9-25(15)11-21)26-8-13-7-23-18(24-17(13)19(26)27)16-4-12(6-20)2-3-22-16/h2-4,7,14-15H,5,8-10H2,1H3/t14-,15+/m1/s1. The molecule has 0 saturated carbocycles. The van der Waals surface area contributed by atoms with E-state index in [-0.39, 0.29) is 18.0 Å². The van der Waals surface area contributed by atoms with Gasteiger partial charge in [0.15, 0.2) is 12.0 Å². The van der Waals surface area contributed by atoms with Gasteiger partial charge in [-0.25, -0.2) is 9.97 Å². The van der Waals surface area contributed by atoms with Crippen molar-refractivity contribution < 1.29 is 9.53 Å². The van der Waals surface area contributed by atoms with Crippen molar-refractivity contribution >= 4 is 5.91 Å².